The number of phenolic OH excluding ortho intramolecular Hbond substituents is 1. The number of nitrogens with one attached hydrogen (secondary N) is 1. The van der Waals surface area contributed by atoms with Gasteiger partial charge in [0.1, 0.15) is 11.4 Å². The average Bonchev–Trinajstić information content (AvgIpc) is 2.75. The molecule has 2 aromatic rings. The van der Waals surface area contributed by atoms with Gasteiger partial charge in [0.15, 0.2) is 5.13 Å². The van der Waals surface area contributed by atoms with Gasteiger partial charge in [-0.1, -0.05) is 12.1 Å². The number of aromatic nitrogens is 1. The van der Waals surface area contributed by atoms with E-state index >= 15 is 0 Å². The number of thiazole rings is 1. The number of amides is 1. The van der Waals surface area contributed by atoms with Crippen LogP contribution in [0.5, 0.6) is 5.75 Å². The average molecular weight is 249 g/mol. The van der Waals surface area contributed by atoms with Gasteiger partial charge >= 0.3 is 0 Å². The highest BCUT2D eigenvalue weighted by atomic mass is 32.1. The Morgan fingerprint density at radius 3 is 2.71 bits per heavy atom. The van der Waals surface area contributed by atoms with Crippen LogP contribution >= 0.6 is 11.3 Å². The fourth-order valence-corrected chi connectivity index (χ4v) is 1.82. The van der Waals surface area contributed by atoms with Crippen molar-refractivity contribution < 1.29 is 9.90 Å². The molecule has 0 aliphatic carbocycles. The molecule has 4 N–H and O–H groups in total. The first kappa shape index (κ1) is 11.4. The Morgan fingerprint density at radius 2 is 2.12 bits per heavy atom. The molecule has 88 valence electrons. The summed E-state index contributed by atoms with van der Waals surface area (Å²) in [7, 11) is 0. The number of rotatable bonds is 3. The molecular formula is C11H11N3O2S. The Labute approximate surface area is 102 Å². The number of carbonyl (C=O) groups is 1. The van der Waals surface area contributed by atoms with Crippen LogP contribution in [0, 0.1) is 0 Å². The van der Waals surface area contributed by atoms with Crippen LogP contribution in [0.2, 0.25) is 0 Å². The molecule has 0 atom stereocenters. The number of hydrogen-bond acceptors (Lipinski definition) is 5. The molecule has 1 aromatic heterocycles. The van der Waals surface area contributed by atoms with E-state index < -0.39 is 0 Å². The molecule has 0 spiro atoms. The molecule has 0 fully saturated rings. The van der Waals surface area contributed by atoms with Gasteiger partial charge < -0.3 is 16.2 Å². The molecule has 1 heterocycles. The zero-order valence-corrected chi connectivity index (χ0v) is 9.70. The van der Waals surface area contributed by atoms with Gasteiger partial charge in [-0.05, 0) is 17.7 Å². The van der Waals surface area contributed by atoms with Crippen LogP contribution in [0.3, 0.4) is 0 Å². The van der Waals surface area contributed by atoms with E-state index in [1.54, 1.807) is 29.6 Å². The van der Waals surface area contributed by atoms with Gasteiger partial charge in [0.25, 0.3) is 5.91 Å². The van der Waals surface area contributed by atoms with Crippen LogP contribution in [0.15, 0.2) is 29.6 Å². The Bertz CT molecular complexity index is 522. The first-order valence-electron chi connectivity index (χ1n) is 4.92. The van der Waals surface area contributed by atoms with Crippen molar-refractivity contribution in [3.05, 3.63) is 40.9 Å². The third kappa shape index (κ3) is 2.94. The van der Waals surface area contributed by atoms with Crippen molar-refractivity contribution in [3.63, 3.8) is 0 Å². The second kappa shape index (κ2) is 4.84. The van der Waals surface area contributed by atoms with E-state index in [0.717, 1.165) is 5.56 Å². The van der Waals surface area contributed by atoms with Gasteiger partial charge in [0.2, 0.25) is 0 Å². The SMILES string of the molecule is Nc1nc(C(=O)NCc2ccc(O)cc2)cs1. The van der Waals surface area contributed by atoms with Crippen LogP contribution in [-0.2, 0) is 6.54 Å². The molecule has 0 saturated carbocycles. The third-order valence-corrected chi connectivity index (χ3v) is 2.82. The topological polar surface area (TPSA) is 88.2 Å². The van der Waals surface area contributed by atoms with Gasteiger partial charge in [-0.15, -0.1) is 11.3 Å². The van der Waals surface area contributed by atoms with Crippen molar-refractivity contribution in [3.8, 4) is 5.75 Å². The zero-order valence-electron chi connectivity index (χ0n) is 8.88. The highest BCUT2D eigenvalue weighted by Gasteiger charge is 2.08. The lowest BCUT2D eigenvalue weighted by Crippen LogP contribution is -2.23. The lowest BCUT2D eigenvalue weighted by molar-refractivity contribution is 0.0946. The number of anilines is 1. The molecule has 17 heavy (non-hydrogen) atoms. The lowest BCUT2D eigenvalue weighted by Gasteiger charge is -2.03. The van der Waals surface area contributed by atoms with Crippen LogP contribution < -0.4 is 11.1 Å². The standard InChI is InChI=1S/C11H11N3O2S/c12-11-14-9(6-17-11)10(16)13-5-7-1-3-8(15)4-2-7/h1-4,6,15H,5H2,(H2,12,14)(H,13,16). The van der Waals surface area contributed by atoms with Crippen LogP contribution in [-0.4, -0.2) is 16.0 Å². The Balaban J connectivity index is 1.94. The van der Waals surface area contributed by atoms with E-state index in [0.29, 0.717) is 17.4 Å². The minimum Gasteiger partial charge on any atom is -0.508 e. The normalized spacial score (nSPS) is 10.1. The van der Waals surface area contributed by atoms with Gasteiger partial charge in [-0.3, -0.25) is 4.79 Å². The molecule has 0 aliphatic heterocycles. The maximum absolute atomic E-state index is 11.6. The minimum absolute atomic E-state index is 0.201. The van der Waals surface area contributed by atoms with Gasteiger partial charge in [0, 0.05) is 11.9 Å². The lowest BCUT2D eigenvalue weighted by atomic mass is 10.2. The fraction of sp³-hybridized carbons (Fsp3) is 0.0909. The molecule has 0 bridgehead atoms. The number of nitrogens with two attached hydrogens (primary N) is 1. The molecule has 6 heteroatoms. The summed E-state index contributed by atoms with van der Waals surface area (Å²) in [4.78, 5) is 15.5. The number of aromatic hydroxyl groups is 1. The molecule has 0 radical (unpaired) electrons. The third-order valence-electron chi connectivity index (χ3n) is 2.14. The largest absolute Gasteiger partial charge is 0.508 e. The maximum atomic E-state index is 11.6. The highest BCUT2D eigenvalue weighted by Crippen LogP contribution is 2.12. The van der Waals surface area contributed by atoms with E-state index in [1.807, 2.05) is 0 Å². The Hall–Kier alpha value is -2.08. The van der Waals surface area contributed by atoms with Crippen molar-refractivity contribution in [2.45, 2.75) is 6.54 Å². The van der Waals surface area contributed by atoms with Crippen LogP contribution in [0.25, 0.3) is 0 Å². The number of carbonyl (C=O) groups excluding carboxylic acids is 1. The highest BCUT2D eigenvalue weighted by molar-refractivity contribution is 7.13. The summed E-state index contributed by atoms with van der Waals surface area (Å²) in [6, 6.07) is 6.63. The zero-order chi connectivity index (χ0) is 12.3. The molecule has 5 nitrogen and oxygen atoms in total. The molecular weight excluding hydrogens is 238 g/mol. The second-order valence-corrected chi connectivity index (χ2v) is 4.31. The molecule has 2 rings (SSSR count). The summed E-state index contributed by atoms with van der Waals surface area (Å²) in [5.41, 5.74) is 6.67. The van der Waals surface area contributed by atoms with E-state index in [1.165, 1.54) is 11.3 Å². The monoisotopic (exact) mass is 249 g/mol. The summed E-state index contributed by atoms with van der Waals surface area (Å²) in [6.07, 6.45) is 0. The number of benzene rings is 1. The van der Waals surface area contributed by atoms with Crippen molar-refractivity contribution in [2.75, 3.05) is 5.73 Å². The molecule has 1 aromatic carbocycles. The minimum atomic E-state index is -0.258. The summed E-state index contributed by atoms with van der Waals surface area (Å²) in [5.74, 6) is -0.0571. The molecule has 1 amide bonds. The van der Waals surface area contributed by atoms with E-state index in [-0.39, 0.29) is 11.7 Å². The van der Waals surface area contributed by atoms with E-state index in [9.17, 15) is 4.79 Å². The predicted octanol–water partition coefficient (Wildman–Crippen LogP) is 1.36. The number of hydrogen-bond donors (Lipinski definition) is 3. The van der Waals surface area contributed by atoms with Crippen molar-refractivity contribution in [1.29, 1.82) is 0 Å². The second-order valence-electron chi connectivity index (χ2n) is 3.42. The smallest absolute Gasteiger partial charge is 0.271 e. The summed E-state index contributed by atoms with van der Waals surface area (Å²) in [5, 5.41) is 13.8. The number of nitrogens with zero attached hydrogens (tertiary/aromatic N) is 1. The summed E-state index contributed by atoms with van der Waals surface area (Å²) >= 11 is 1.23. The molecule has 0 saturated heterocycles. The Morgan fingerprint density at radius 1 is 1.41 bits per heavy atom. The number of phenols is 1. The Kier molecular flexibility index (Phi) is 3.24. The van der Waals surface area contributed by atoms with Gasteiger partial charge in [-0.25, -0.2) is 4.98 Å². The van der Waals surface area contributed by atoms with Crippen LogP contribution in [0.4, 0.5) is 5.13 Å². The predicted molar refractivity (Wildman–Crippen MR) is 65.8 cm³/mol. The first-order chi connectivity index (χ1) is 8.15. The molecule has 0 unspecified atom stereocenters. The van der Waals surface area contributed by atoms with Gasteiger partial charge in [-0.2, -0.15) is 0 Å². The summed E-state index contributed by atoms with van der Waals surface area (Å²) in [6.45, 7) is 0.385. The quantitative estimate of drug-likeness (QED) is 0.766. The fourth-order valence-electron chi connectivity index (χ4n) is 1.28. The van der Waals surface area contributed by atoms with Crippen molar-refractivity contribution >= 4 is 22.4 Å². The van der Waals surface area contributed by atoms with Crippen molar-refractivity contribution in [2.24, 2.45) is 0 Å². The first-order valence-corrected chi connectivity index (χ1v) is 5.80. The molecule has 0 aliphatic rings. The van der Waals surface area contributed by atoms with E-state index in [2.05, 4.69) is 10.3 Å². The number of nitrogen functional groups attached to an aromatic ring is 1. The maximum Gasteiger partial charge on any atom is 0.271 e. The van der Waals surface area contributed by atoms with E-state index in [4.69, 9.17) is 10.8 Å². The van der Waals surface area contributed by atoms with Crippen molar-refractivity contribution in [1.82, 2.24) is 10.3 Å². The summed E-state index contributed by atoms with van der Waals surface area (Å²) < 4.78 is 0. The van der Waals surface area contributed by atoms with Crippen LogP contribution in [0.1, 0.15) is 16.1 Å². The van der Waals surface area contributed by atoms with Gasteiger partial charge in [0.05, 0.1) is 0 Å².